The van der Waals surface area contributed by atoms with Crippen molar-refractivity contribution in [3.8, 4) is 0 Å². The molecule has 2 N–H and O–H groups in total. The highest BCUT2D eigenvalue weighted by molar-refractivity contribution is 5.86. The molecule has 3 aliphatic rings. The molecule has 0 saturated carbocycles. The summed E-state index contributed by atoms with van der Waals surface area (Å²) < 4.78 is 11.3. The van der Waals surface area contributed by atoms with E-state index in [9.17, 15) is 9.90 Å². The fraction of sp³-hybridized carbons (Fsp3) is 0.519. The first kappa shape index (κ1) is 23.8. The Balaban J connectivity index is 1.20. The summed E-state index contributed by atoms with van der Waals surface area (Å²) in [7, 11) is 0. The van der Waals surface area contributed by atoms with Crippen LogP contribution in [0.25, 0.3) is 11.1 Å². The Labute approximate surface area is 216 Å². The minimum atomic E-state index is -0.807. The lowest BCUT2D eigenvalue weighted by atomic mass is 9.72. The van der Waals surface area contributed by atoms with Crippen LogP contribution >= 0.6 is 0 Å². The predicted molar refractivity (Wildman–Crippen MR) is 142 cm³/mol. The van der Waals surface area contributed by atoms with E-state index in [-0.39, 0.29) is 5.41 Å². The monoisotopic (exact) mass is 506 g/mol. The molecule has 196 valence electrons. The number of fused-ring (bicyclic) bond motifs is 1. The Morgan fingerprint density at radius 2 is 1.84 bits per heavy atom. The van der Waals surface area contributed by atoms with Gasteiger partial charge in [0.1, 0.15) is 5.52 Å². The maximum absolute atomic E-state index is 11.6. The van der Waals surface area contributed by atoms with E-state index in [0.717, 1.165) is 82.1 Å². The number of likely N-dealkylation sites (tertiary alicyclic amines) is 1. The second kappa shape index (κ2) is 9.74. The van der Waals surface area contributed by atoms with E-state index >= 15 is 0 Å². The molecule has 0 radical (unpaired) electrons. The molecule has 5 heterocycles. The molecular formula is C27H34N6O4. The third kappa shape index (κ3) is 4.77. The number of hydrogen-bond donors (Lipinski definition) is 2. The number of furan rings is 1. The molecule has 10 nitrogen and oxygen atoms in total. The molecular weight excluding hydrogens is 472 g/mol. The van der Waals surface area contributed by atoms with Gasteiger partial charge in [0.15, 0.2) is 11.4 Å². The molecule has 0 atom stereocenters. The maximum atomic E-state index is 11.6. The largest absolute Gasteiger partial charge is 0.465 e. The molecule has 1 amide bonds. The number of nitrogens with zero attached hydrogens (tertiary/aromatic N) is 5. The Kier molecular flexibility index (Phi) is 6.27. The molecule has 6 rings (SSSR count). The van der Waals surface area contributed by atoms with Gasteiger partial charge in [0.25, 0.3) is 0 Å². The highest BCUT2D eigenvalue weighted by Gasteiger charge is 2.40. The second-order valence-electron chi connectivity index (χ2n) is 10.5. The highest BCUT2D eigenvalue weighted by Crippen LogP contribution is 2.41. The zero-order valence-electron chi connectivity index (χ0n) is 21.3. The lowest BCUT2D eigenvalue weighted by Gasteiger charge is -2.47. The van der Waals surface area contributed by atoms with Crippen LogP contribution in [-0.4, -0.2) is 78.5 Å². The molecule has 3 saturated heterocycles. The number of benzene rings is 1. The van der Waals surface area contributed by atoms with Crippen molar-refractivity contribution in [1.29, 1.82) is 0 Å². The first-order valence-corrected chi connectivity index (χ1v) is 13.2. The molecule has 2 aromatic heterocycles. The fourth-order valence-electron chi connectivity index (χ4n) is 6.11. The summed E-state index contributed by atoms with van der Waals surface area (Å²) in [5.74, 6) is 1.33. The van der Waals surface area contributed by atoms with Crippen LogP contribution in [0.2, 0.25) is 0 Å². The van der Waals surface area contributed by atoms with Gasteiger partial charge in [-0.2, -0.15) is 4.98 Å². The van der Waals surface area contributed by atoms with Crippen LogP contribution in [0.4, 0.5) is 27.9 Å². The lowest BCUT2D eigenvalue weighted by molar-refractivity contribution is 0.0613. The maximum Gasteiger partial charge on any atom is 0.407 e. The van der Waals surface area contributed by atoms with Gasteiger partial charge in [0, 0.05) is 56.7 Å². The van der Waals surface area contributed by atoms with Crippen LogP contribution in [-0.2, 0) is 4.74 Å². The SMILES string of the molecule is Cc1cc(Nc2nc(N3CCC4(CCCN(C(=O)O)C4)CC3)c3occc3n2)ccc1N1CCOCC1. The van der Waals surface area contributed by atoms with Crippen molar-refractivity contribution in [2.75, 3.05) is 67.6 Å². The molecule has 0 unspecified atom stereocenters. The number of piperidine rings is 2. The van der Waals surface area contributed by atoms with Crippen molar-refractivity contribution in [2.24, 2.45) is 5.41 Å². The summed E-state index contributed by atoms with van der Waals surface area (Å²) >= 11 is 0. The van der Waals surface area contributed by atoms with Gasteiger partial charge in [-0.3, -0.25) is 0 Å². The molecule has 0 aliphatic carbocycles. The van der Waals surface area contributed by atoms with E-state index < -0.39 is 6.09 Å². The van der Waals surface area contributed by atoms with Gasteiger partial charge >= 0.3 is 6.09 Å². The molecule has 0 bridgehead atoms. The Bertz CT molecular complexity index is 1280. The van der Waals surface area contributed by atoms with Crippen molar-refractivity contribution in [1.82, 2.24) is 14.9 Å². The van der Waals surface area contributed by atoms with Crippen molar-refractivity contribution >= 4 is 40.3 Å². The van der Waals surface area contributed by atoms with Gasteiger partial charge in [-0.05, 0) is 61.8 Å². The summed E-state index contributed by atoms with van der Waals surface area (Å²) in [6.45, 7) is 8.35. The summed E-state index contributed by atoms with van der Waals surface area (Å²) in [6.07, 6.45) is 4.74. The predicted octanol–water partition coefficient (Wildman–Crippen LogP) is 4.47. The Morgan fingerprint density at radius 1 is 1.03 bits per heavy atom. The number of amides is 1. The number of ether oxygens (including phenoxy) is 1. The van der Waals surface area contributed by atoms with Gasteiger partial charge < -0.3 is 34.3 Å². The summed E-state index contributed by atoms with van der Waals surface area (Å²) in [6, 6.07) is 8.22. The zero-order valence-corrected chi connectivity index (χ0v) is 21.3. The number of rotatable bonds is 4. The standard InChI is InChI=1S/C27H34N6O4/c1-19-17-20(3-4-22(19)31-12-15-36-16-13-31)28-25-29-21-5-14-37-23(21)24(30-25)32-10-7-27(8-11-32)6-2-9-33(18-27)26(34)35/h3-5,14,17H,2,6-13,15-16,18H2,1H3,(H,34,35)(H,28,29,30). The zero-order chi connectivity index (χ0) is 25.4. The number of aryl methyl sites for hydroxylation is 1. The average Bonchev–Trinajstić information content (AvgIpc) is 3.38. The number of nitrogens with one attached hydrogen (secondary N) is 1. The molecule has 37 heavy (non-hydrogen) atoms. The molecule has 3 fully saturated rings. The van der Waals surface area contributed by atoms with Gasteiger partial charge in [-0.1, -0.05) is 0 Å². The molecule has 3 aliphatic heterocycles. The van der Waals surface area contributed by atoms with Crippen LogP contribution in [0.5, 0.6) is 0 Å². The van der Waals surface area contributed by atoms with Gasteiger partial charge in [0.2, 0.25) is 5.95 Å². The van der Waals surface area contributed by atoms with Crippen LogP contribution < -0.4 is 15.1 Å². The first-order valence-electron chi connectivity index (χ1n) is 13.2. The van der Waals surface area contributed by atoms with Crippen molar-refractivity contribution < 1.29 is 19.1 Å². The highest BCUT2D eigenvalue weighted by atomic mass is 16.5. The average molecular weight is 507 g/mol. The van der Waals surface area contributed by atoms with Crippen LogP contribution in [0.1, 0.15) is 31.2 Å². The van der Waals surface area contributed by atoms with Crippen LogP contribution in [0.15, 0.2) is 34.9 Å². The fourth-order valence-corrected chi connectivity index (χ4v) is 6.11. The van der Waals surface area contributed by atoms with E-state index in [0.29, 0.717) is 24.6 Å². The minimum Gasteiger partial charge on any atom is -0.465 e. The minimum absolute atomic E-state index is 0.0588. The number of anilines is 4. The van der Waals surface area contributed by atoms with Crippen molar-refractivity contribution in [2.45, 2.75) is 32.6 Å². The van der Waals surface area contributed by atoms with Crippen LogP contribution in [0, 0.1) is 12.3 Å². The van der Waals surface area contributed by atoms with Gasteiger partial charge in [-0.25, -0.2) is 9.78 Å². The topological polar surface area (TPSA) is 107 Å². The van der Waals surface area contributed by atoms with Crippen LogP contribution in [0.3, 0.4) is 0 Å². The summed E-state index contributed by atoms with van der Waals surface area (Å²) in [5, 5.41) is 12.9. The normalized spacial score (nSPS) is 20.0. The first-order chi connectivity index (χ1) is 18.0. The Morgan fingerprint density at radius 3 is 2.59 bits per heavy atom. The quantitative estimate of drug-likeness (QED) is 0.530. The number of morpholine rings is 1. The van der Waals surface area contributed by atoms with E-state index in [1.807, 2.05) is 6.07 Å². The number of hydrogen-bond acceptors (Lipinski definition) is 8. The van der Waals surface area contributed by atoms with E-state index in [1.54, 1.807) is 11.2 Å². The van der Waals surface area contributed by atoms with E-state index in [2.05, 4.69) is 40.2 Å². The second-order valence-corrected chi connectivity index (χ2v) is 10.5. The summed E-state index contributed by atoms with van der Waals surface area (Å²) in [5.41, 5.74) is 4.88. The summed E-state index contributed by atoms with van der Waals surface area (Å²) in [4.78, 5) is 27.4. The van der Waals surface area contributed by atoms with Gasteiger partial charge in [-0.15, -0.1) is 0 Å². The van der Waals surface area contributed by atoms with Gasteiger partial charge in [0.05, 0.1) is 19.5 Å². The molecule has 10 heteroatoms. The number of aromatic nitrogens is 2. The molecule has 1 spiro atoms. The number of carbonyl (C=O) groups is 1. The molecule has 3 aromatic rings. The van der Waals surface area contributed by atoms with E-state index in [1.165, 1.54) is 11.3 Å². The van der Waals surface area contributed by atoms with Crippen molar-refractivity contribution in [3.63, 3.8) is 0 Å². The smallest absolute Gasteiger partial charge is 0.407 e. The van der Waals surface area contributed by atoms with Crippen molar-refractivity contribution in [3.05, 3.63) is 36.1 Å². The third-order valence-corrected chi connectivity index (χ3v) is 8.15. The molecule has 1 aromatic carbocycles. The lowest BCUT2D eigenvalue weighted by Crippen LogP contribution is -2.51. The third-order valence-electron chi connectivity index (χ3n) is 8.15. The van der Waals surface area contributed by atoms with E-state index in [4.69, 9.17) is 19.1 Å². The Hall–Kier alpha value is -3.53. The number of carboxylic acid groups (broad SMARTS) is 1.